The van der Waals surface area contributed by atoms with Gasteiger partial charge in [-0.3, -0.25) is 19.8 Å². The Morgan fingerprint density at radius 2 is 2.26 bits per heavy atom. The maximum absolute atomic E-state index is 12.2. The number of amides is 1. The number of nitrogens with zero attached hydrogens (tertiary/aromatic N) is 2. The normalized spacial score (nSPS) is 16.0. The van der Waals surface area contributed by atoms with Crippen molar-refractivity contribution in [3.8, 4) is 11.5 Å². The molecule has 0 saturated carbocycles. The van der Waals surface area contributed by atoms with E-state index in [-0.39, 0.29) is 40.1 Å². The van der Waals surface area contributed by atoms with E-state index in [2.05, 4.69) is 6.58 Å². The Bertz CT molecular complexity index is 745. The summed E-state index contributed by atoms with van der Waals surface area (Å²) in [5, 5.41) is 21.1. The van der Waals surface area contributed by atoms with Crippen molar-refractivity contribution in [2.75, 3.05) is 13.7 Å². The molecule has 120 valence electrons. The molecule has 2 rings (SSSR count). The zero-order valence-corrected chi connectivity index (χ0v) is 13.6. The second kappa shape index (κ2) is 6.80. The molecule has 1 aliphatic heterocycles. The van der Waals surface area contributed by atoms with Crippen LogP contribution in [0, 0.1) is 10.1 Å². The number of benzene rings is 1. The Labute approximate surface area is 141 Å². The summed E-state index contributed by atoms with van der Waals surface area (Å²) in [6, 6.07) is 2.27. The number of thiocarbonyl (C=S) groups is 1. The molecular formula is C14H12N2O5S2. The maximum Gasteiger partial charge on any atom is 0.274 e. The van der Waals surface area contributed by atoms with Crippen LogP contribution >= 0.6 is 24.0 Å². The summed E-state index contributed by atoms with van der Waals surface area (Å²) in [6.07, 6.45) is 2.90. The molecule has 1 amide bonds. The summed E-state index contributed by atoms with van der Waals surface area (Å²) >= 11 is 6.16. The summed E-state index contributed by atoms with van der Waals surface area (Å²) in [5.41, 5.74) is -0.150. The molecule has 1 aromatic rings. The molecule has 0 unspecified atom stereocenters. The lowest BCUT2D eigenvalue weighted by Gasteiger charge is -2.10. The molecule has 0 spiro atoms. The minimum atomic E-state index is -0.609. The largest absolute Gasteiger partial charge is 0.504 e. The van der Waals surface area contributed by atoms with Gasteiger partial charge in [0.05, 0.1) is 23.0 Å². The van der Waals surface area contributed by atoms with Gasteiger partial charge in [-0.05, 0) is 6.08 Å². The second-order valence-electron chi connectivity index (χ2n) is 4.42. The van der Waals surface area contributed by atoms with Crippen LogP contribution in [-0.4, -0.2) is 38.8 Å². The van der Waals surface area contributed by atoms with Crippen molar-refractivity contribution in [3.05, 3.63) is 45.4 Å². The molecule has 1 N–H and O–H groups in total. The quantitative estimate of drug-likeness (QED) is 0.286. The highest BCUT2D eigenvalue weighted by Crippen LogP contribution is 2.39. The first-order valence-electron chi connectivity index (χ1n) is 6.30. The van der Waals surface area contributed by atoms with Gasteiger partial charge in [0.25, 0.3) is 11.6 Å². The minimum absolute atomic E-state index is 0.0491. The van der Waals surface area contributed by atoms with Crippen LogP contribution < -0.4 is 4.74 Å². The molecule has 1 fully saturated rings. The third-order valence-corrected chi connectivity index (χ3v) is 4.37. The Morgan fingerprint density at radius 1 is 1.57 bits per heavy atom. The first-order valence-corrected chi connectivity index (χ1v) is 7.53. The first-order chi connectivity index (χ1) is 10.9. The monoisotopic (exact) mass is 352 g/mol. The van der Waals surface area contributed by atoms with Crippen LogP contribution in [0.2, 0.25) is 0 Å². The third kappa shape index (κ3) is 3.35. The van der Waals surface area contributed by atoms with Crippen molar-refractivity contribution >= 4 is 46.0 Å². The number of hydrogen-bond donors (Lipinski definition) is 1. The molecule has 1 heterocycles. The Morgan fingerprint density at radius 3 is 2.83 bits per heavy atom. The van der Waals surface area contributed by atoms with Gasteiger partial charge >= 0.3 is 0 Å². The molecule has 9 heteroatoms. The SMILES string of the molecule is C=CCN1C(=O)/C(=C/c2cc([N+](=O)[O-])cc(OC)c2O)SC1=S. The number of non-ortho nitro benzene ring substituents is 1. The lowest BCUT2D eigenvalue weighted by molar-refractivity contribution is -0.385. The molecule has 1 saturated heterocycles. The average molecular weight is 352 g/mol. The van der Waals surface area contributed by atoms with Crippen molar-refractivity contribution in [2.24, 2.45) is 0 Å². The van der Waals surface area contributed by atoms with Gasteiger partial charge in [-0.2, -0.15) is 0 Å². The van der Waals surface area contributed by atoms with Gasteiger partial charge in [0, 0.05) is 18.2 Å². The van der Waals surface area contributed by atoms with Gasteiger partial charge in [-0.1, -0.05) is 30.1 Å². The predicted molar refractivity (Wildman–Crippen MR) is 91.4 cm³/mol. The van der Waals surface area contributed by atoms with Crippen LogP contribution in [0.1, 0.15) is 5.56 Å². The summed E-state index contributed by atoms with van der Waals surface area (Å²) in [7, 11) is 1.28. The first kappa shape index (κ1) is 17.0. The van der Waals surface area contributed by atoms with E-state index in [1.54, 1.807) is 6.08 Å². The predicted octanol–water partition coefficient (Wildman–Crippen LogP) is 2.70. The van der Waals surface area contributed by atoms with Crippen LogP contribution in [-0.2, 0) is 4.79 Å². The fraction of sp³-hybridized carbons (Fsp3) is 0.143. The van der Waals surface area contributed by atoms with Gasteiger partial charge < -0.3 is 9.84 Å². The highest BCUT2D eigenvalue weighted by atomic mass is 32.2. The zero-order valence-electron chi connectivity index (χ0n) is 12.0. The lowest BCUT2D eigenvalue weighted by Crippen LogP contribution is -2.27. The summed E-state index contributed by atoms with van der Waals surface area (Å²) in [6.45, 7) is 3.83. The van der Waals surface area contributed by atoms with Crippen LogP contribution in [0.25, 0.3) is 6.08 Å². The Hall–Kier alpha value is -2.39. The fourth-order valence-electron chi connectivity index (χ4n) is 1.91. The molecule has 23 heavy (non-hydrogen) atoms. The van der Waals surface area contributed by atoms with Crippen molar-refractivity contribution in [3.63, 3.8) is 0 Å². The van der Waals surface area contributed by atoms with Crippen molar-refractivity contribution in [1.29, 1.82) is 0 Å². The van der Waals surface area contributed by atoms with Crippen LogP contribution in [0.15, 0.2) is 29.7 Å². The number of nitro groups is 1. The van der Waals surface area contributed by atoms with Crippen molar-refractivity contribution < 1.29 is 19.6 Å². The number of hydrogen-bond acceptors (Lipinski definition) is 7. The molecule has 0 aliphatic carbocycles. The number of thioether (sulfide) groups is 1. The van der Waals surface area contributed by atoms with E-state index < -0.39 is 4.92 Å². The van der Waals surface area contributed by atoms with Gasteiger partial charge in [-0.15, -0.1) is 6.58 Å². The minimum Gasteiger partial charge on any atom is -0.504 e. The molecule has 0 bridgehead atoms. The van der Waals surface area contributed by atoms with E-state index in [4.69, 9.17) is 17.0 Å². The van der Waals surface area contributed by atoms with Gasteiger partial charge in [0.1, 0.15) is 4.32 Å². The molecule has 0 atom stereocenters. The molecule has 0 radical (unpaired) electrons. The number of rotatable bonds is 5. The van der Waals surface area contributed by atoms with Gasteiger partial charge in [0.15, 0.2) is 11.5 Å². The third-order valence-electron chi connectivity index (χ3n) is 2.99. The molecule has 7 nitrogen and oxygen atoms in total. The van der Waals surface area contributed by atoms with Crippen molar-refractivity contribution in [2.45, 2.75) is 0 Å². The highest BCUT2D eigenvalue weighted by Gasteiger charge is 2.31. The summed E-state index contributed by atoms with van der Waals surface area (Å²) in [5.74, 6) is -0.677. The van der Waals surface area contributed by atoms with Gasteiger partial charge in [0.2, 0.25) is 0 Å². The Balaban J connectivity index is 2.48. The van der Waals surface area contributed by atoms with Crippen LogP contribution in [0.4, 0.5) is 5.69 Å². The topological polar surface area (TPSA) is 92.9 Å². The molecular weight excluding hydrogens is 340 g/mol. The summed E-state index contributed by atoms with van der Waals surface area (Å²) < 4.78 is 5.28. The van der Waals surface area contributed by atoms with E-state index in [9.17, 15) is 20.0 Å². The van der Waals surface area contributed by atoms with E-state index in [0.29, 0.717) is 4.32 Å². The second-order valence-corrected chi connectivity index (χ2v) is 6.10. The number of carbonyl (C=O) groups is 1. The van der Waals surface area contributed by atoms with E-state index in [0.717, 1.165) is 23.9 Å². The number of methoxy groups -OCH3 is 1. The van der Waals surface area contributed by atoms with E-state index in [1.165, 1.54) is 18.1 Å². The van der Waals surface area contributed by atoms with Crippen molar-refractivity contribution in [1.82, 2.24) is 4.90 Å². The molecule has 1 aliphatic rings. The van der Waals surface area contributed by atoms with Gasteiger partial charge in [-0.25, -0.2) is 0 Å². The number of carbonyl (C=O) groups excluding carboxylic acids is 1. The molecule has 0 aromatic heterocycles. The maximum atomic E-state index is 12.2. The van der Waals surface area contributed by atoms with E-state index >= 15 is 0 Å². The fourth-order valence-corrected chi connectivity index (χ4v) is 3.18. The van der Waals surface area contributed by atoms with Crippen LogP contribution in [0.5, 0.6) is 11.5 Å². The number of phenolic OH excluding ortho intramolecular Hbond substituents is 1. The number of aromatic hydroxyl groups is 1. The number of nitro benzene ring substituents is 1. The van der Waals surface area contributed by atoms with Crippen LogP contribution in [0.3, 0.4) is 0 Å². The smallest absolute Gasteiger partial charge is 0.274 e. The standard InChI is InChI=1S/C14H12N2O5S2/c1-3-4-15-13(18)11(23-14(15)22)6-8-5-9(16(19)20)7-10(21-2)12(8)17/h3,5-7,17H,1,4H2,2H3/b11-6-. The number of phenols is 1. The lowest BCUT2D eigenvalue weighted by atomic mass is 10.1. The Kier molecular flexibility index (Phi) is 5.02. The zero-order chi connectivity index (χ0) is 17.1. The highest BCUT2D eigenvalue weighted by molar-refractivity contribution is 8.26. The number of ether oxygens (including phenoxy) is 1. The average Bonchev–Trinajstić information content (AvgIpc) is 2.77. The molecule has 1 aromatic carbocycles. The summed E-state index contributed by atoms with van der Waals surface area (Å²) in [4.78, 5) is 24.2. The van der Waals surface area contributed by atoms with E-state index in [1.807, 2.05) is 0 Å².